The molecular weight excluding hydrogens is 206 g/mol. The molecule has 1 atom stereocenters. The Morgan fingerprint density at radius 1 is 1.62 bits per heavy atom. The molecule has 0 heterocycles. The van der Waals surface area contributed by atoms with Gasteiger partial charge in [0.15, 0.2) is 5.84 Å². The maximum atomic E-state index is 11.9. The Kier molecular flexibility index (Phi) is 3.78. The molecule has 4 N–H and O–H groups in total. The average molecular weight is 227 g/mol. The molecule has 0 aromatic carbocycles. The third-order valence-corrected chi connectivity index (χ3v) is 3.08. The number of amides is 1. The zero-order valence-electron chi connectivity index (χ0n) is 10.2. The van der Waals surface area contributed by atoms with Crippen LogP contribution in [0.15, 0.2) is 5.16 Å². The molecule has 0 aliphatic heterocycles. The fraction of sp³-hybridized carbons (Fsp3) is 0.818. The van der Waals surface area contributed by atoms with E-state index >= 15 is 0 Å². The topological polar surface area (TPSA) is 87.7 Å². The third-order valence-electron chi connectivity index (χ3n) is 3.08. The van der Waals surface area contributed by atoms with E-state index in [1.807, 2.05) is 6.92 Å². The molecule has 92 valence electrons. The first-order chi connectivity index (χ1) is 7.37. The monoisotopic (exact) mass is 227 g/mol. The minimum Gasteiger partial charge on any atom is -0.409 e. The highest BCUT2D eigenvalue weighted by Crippen LogP contribution is 2.33. The number of oxime groups is 1. The highest BCUT2D eigenvalue weighted by atomic mass is 16.4. The molecule has 5 heteroatoms. The van der Waals surface area contributed by atoms with Crippen molar-refractivity contribution >= 4 is 11.7 Å². The Morgan fingerprint density at radius 2 is 2.19 bits per heavy atom. The van der Waals surface area contributed by atoms with Gasteiger partial charge in [0.1, 0.15) is 5.41 Å². The van der Waals surface area contributed by atoms with Crippen LogP contribution in [0.1, 0.15) is 40.0 Å². The maximum Gasteiger partial charge on any atom is 0.233 e. The van der Waals surface area contributed by atoms with E-state index in [4.69, 9.17) is 10.9 Å². The third kappa shape index (κ3) is 3.12. The Labute approximate surface area is 96.1 Å². The number of amidine groups is 1. The zero-order chi connectivity index (χ0) is 12.3. The fourth-order valence-electron chi connectivity index (χ4n) is 1.56. The van der Waals surface area contributed by atoms with Crippen LogP contribution in [0.5, 0.6) is 0 Å². The number of hydrogen-bond donors (Lipinski definition) is 3. The van der Waals surface area contributed by atoms with Crippen LogP contribution in [0.3, 0.4) is 0 Å². The lowest BCUT2D eigenvalue weighted by molar-refractivity contribution is -0.127. The SMILES string of the molecule is CC(CC1CC1)NC(=O)C(C)(C)C(N)=NO. The molecule has 0 spiro atoms. The summed E-state index contributed by atoms with van der Waals surface area (Å²) in [7, 11) is 0. The number of nitrogens with one attached hydrogen (secondary N) is 1. The van der Waals surface area contributed by atoms with Gasteiger partial charge in [0.05, 0.1) is 0 Å². The average Bonchev–Trinajstić information content (AvgIpc) is 2.99. The summed E-state index contributed by atoms with van der Waals surface area (Å²) >= 11 is 0. The molecule has 0 aromatic rings. The Morgan fingerprint density at radius 3 is 2.62 bits per heavy atom. The van der Waals surface area contributed by atoms with Crippen molar-refractivity contribution in [3.05, 3.63) is 0 Å². The first kappa shape index (κ1) is 12.8. The zero-order valence-corrected chi connectivity index (χ0v) is 10.2. The molecule has 1 aliphatic rings. The molecule has 16 heavy (non-hydrogen) atoms. The number of hydrogen-bond acceptors (Lipinski definition) is 3. The normalized spacial score (nSPS) is 19.3. The highest BCUT2D eigenvalue weighted by molar-refractivity contribution is 6.05. The lowest BCUT2D eigenvalue weighted by Gasteiger charge is -2.24. The molecule has 1 unspecified atom stereocenters. The van der Waals surface area contributed by atoms with E-state index in [1.54, 1.807) is 13.8 Å². The quantitative estimate of drug-likeness (QED) is 0.284. The number of carbonyl (C=O) groups excluding carboxylic acids is 1. The van der Waals surface area contributed by atoms with Crippen LogP contribution in [0, 0.1) is 11.3 Å². The predicted molar refractivity (Wildman–Crippen MR) is 62.1 cm³/mol. The first-order valence-corrected chi connectivity index (χ1v) is 5.67. The minimum absolute atomic E-state index is 0.0661. The van der Waals surface area contributed by atoms with Crippen molar-refractivity contribution in [2.24, 2.45) is 22.2 Å². The van der Waals surface area contributed by atoms with Gasteiger partial charge in [-0.3, -0.25) is 4.79 Å². The van der Waals surface area contributed by atoms with E-state index in [-0.39, 0.29) is 17.8 Å². The number of nitrogens with two attached hydrogens (primary N) is 1. The van der Waals surface area contributed by atoms with Gasteiger partial charge in [-0.2, -0.15) is 0 Å². The standard InChI is InChI=1S/C11H21N3O2/c1-7(6-8-4-5-8)13-10(15)11(2,3)9(12)14-16/h7-8,16H,4-6H2,1-3H3,(H2,12,14)(H,13,15). The van der Waals surface area contributed by atoms with Gasteiger partial charge in [0, 0.05) is 6.04 Å². The van der Waals surface area contributed by atoms with Crippen molar-refractivity contribution in [1.29, 1.82) is 0 Å². The van der Waals surface area contributed by atoms with Gasteiger partial charge in [0.25, 0.3) is 0 Å². The van der Waals surface area contributed by atoms with E-state index in [0.29, 0.717) is 0 Å². The van der Waals surface area contributed by atoms with Crippen molar-refractivity contribution < 1.29 is 10.0 Å². The van der Waals surface area contributed by atoms with Gasteiger partial charge >= 0.3 is 0 Å². The summed E-state index contributed by atoms with van der Waals surface area (Å²) in [5.41, 5.74) is 4.51. The summed E-state index contributed by atoms with van der Waals surface area (Å²) in [5.74, 6) is 0.502. The van der Waals surface area contributed by atoms with Crippen molar-refractivity contribution in [3.63, 3.8) is 0 Å². The number of carbonyl (C=O) groups is 1. The van der Waals surface area contributed by atoms with E-state index < -0.39 is 5.41 Å². The fourth-order valence-corrected chi connectivity index (χ4v) is 1.56. The Bertz CT molecular complexity index is 296. The van der Waals surface area contributed by atoms with Crippen LogP contribution >= 0.6 is 0 Å². The largest absolute Gasteiger partial charge is 0.409 e. The Hall–Kier alpha value is -1.26. The predicted octanol–water partition coefficient (Wildman–Crippen LogP) is 1.06. The molecule has 0 radical (unpaired) electrons. The van der Waals surface area contributed by atoms with Crippen molar-refractivity contribution in [2.45, 2.75) is 46.1 Å². The van der Waals surface area contributed by atoms with Gasteiger partial charge in [-0.1, -0.05) is 18.0 Å². The van der Waals surface area contributed by atoms with Gasteiger partial charge in [0.2, 0.25) is 5.91 Å². The maximum absolute atomic E-state index is 11.9. The molecule has 1 rings (SSSR count). The minimum atomic E-state index is -0.966. The van der Waals surface area contributed by atoms with E-state index in [2.05, 4.69) is 10.5 Å². The van der Waals surface area contributed by atoms with Crippen LogP contribution in [0.2, 0.25) is 0 Å². The van der Waals surface area contributed by atoms with Crippen LogP contribution in [-0.2, 0) is 4.79 Å². The second-order valence-corrected chi connectivity index (χ2v) is 5.16. The van der Waals surface area contributed by atoms with Crippen molar-refractivity contribution in [2.75, 3.05) is 0 Å². The smallest absolute Gasteiger partial charge is 0.233 e. The summed E-state index contributed by atoms with van der Waals surface area (Å²) in [6.07, 6.45) is 3.55. The molecule has 1 fully saturated rings. The molecule has 5 nitrogen and oxygen atoms in total. The van der Waals surface area contributed by atoms with E-state index in [9.17, 15) is 4.79 Å². The van der Waals surface area contributed by atoms with Crippen LogP contribution in [0.25, 0.3) is 0 Å². The van der Waals surface area contributed by atoms with Gasteiger partial charge in [-0.15, -0.1) is 0 Å². The van der Waals surface area contributed by atoms with Crippen molar-refractivity contribution in [3.8, 4) is 0 Å². The molecule has 0 bridgehead atoms. The molecular formula is C11H21N3O2. The summed E-state index contributed by atoms with van der Waals surface area (Å²) in [5, 5.41) is 14.4. The van der Waals surface area contributed by atoms with Crippen molar-refractivity contribution in [1.82, 2.24) is 5.32 Å². The lowest BCUT2D eigenvalue weighted by Crippen LogP contribution is -2.48. The van der Waals surface area contributed by atoms with Gasteiger partial charge in [-0.05, 0) is 33.1 Å². The second-order valence-electron chi connectivity index (χ2n) is 5.16. The molecule has 0 saturated heterocycles. The summed E-state index contributed by atoms with van der Waals surface area (Å²) in [4.78, 5) is 11.9. The van der Waals surface area contributed by atoms with Gasteiger partial charge < -0.3 is 16.3 Å². The van der Waals surface area contributed by atoms with Crippen LogP contribution in [0.4, 0.5) is 0 Å². The van der Waals surface area contributed by atoms with Crippen LogP contribution < -0.4 is 11.1 Å². The second kappa shape index (κ2) is 4.72. The first-order valence-electron chi connectivity index (χ1n) is 5.67. The molecule has 1 amide bonds. The lowest BCUT2D eigenvalue weighted by atomic mass is 9.90. The van der Waals surface area contributed by atoms with E-state index in [1.165, 1.54) is 12.8 Å². The summed E-state index contributed by atoms with van der Waals surface area (Å²) < 4.78 is 0. The number of rotatable bonds is 5. The van der Waals surface area contributed by atoms with Gasteiger partial charge in [-0.25, -0.2) is 0 Å². The van der Waals surface area contributed by atoms with E-state index in [0.717, 1.165) is 12.3 Å². The number of nitrogens with zero attached hydrogens (tertiary/aromatic N) is 1. The molecule has 1 aliphatic carbocycles. The summed E-state index contributed by atoms with van der Waals surface area (Å²) in [6.45, 7) is 5.26. The van der Waals surface area contributed by atoms with Crippen LogP contribution in [-0.4, -0.2) is 23.0 Å². The Balaban J connectivity index is 2.49. The highest BCUT2D eigenvalue weighted by Gasteiger charge is 2.34. The molecule has 0 aromatic heterocycles. The molecule has 1 saturated carbocycles. The summed E-state index contributed by atoms with van der Waals surface area (Å²) in [6, 6.07) is 0.144.